The third-order valence-electron chi connectivity index (χ3n) is 5.85. The lowest BCUT2D eigenvalue weighted by Gasteiger charge is -2.33. The smallest absolute Gasteiger partial charge is 0.244 e. The Labute approximate surface area is 224 Å². The molecule has 7 nitrogen and oxygen atoms in total. The molecular formula is C26H35Cl2N3O4S. The molecule has 0 radical (unpaired) electrons. The fraction of sp³-hybridized carbons (Fsp3) is 0.462. The van der Waals surface area contributed by atoms with Crippen molar-refractivity contribution in [2.24, 2.45) is 0 Å². The Morgan fingerprint density at radius 1 is 1.03 bits per heavy atom. The van der Waals surface area contributed by atoms with E-state index in [9.17, 15) is 18.0 Å². The van der Waals surface area contributed by atoms with Gasteiger partial charge in [-0.1, -0.05) is 67.2 Å². The van der Waals surface area contributed by atoms with E-state index in [0.29, 0.717) is 34.3 Å². The first-order chi connectivity index (χ1) is 16.9. The number of hydrogen-bond donors (Lipinski definition) is 1. The zero-order chi connectivity index (χ0) is 27.0. The van der Waals surface area contributed by atoms with Crippen LogP contribution in [0.15, 0.2) is 36.4 Å². The summed E-state index contributed by atoms with van der Waals surface area (Å²) < 4.78 is 26.6. The second kappa shape index (κ2) is 13.3. The number of carbonyl (C=O) groups excluding carboxylic acids is 2. The number of unbranched alkanes of at least 4 members (excludes halogenated alkanes) is 1. The Hall–Kier alpha value is -2.29. The summed E-state index contributed by atoms with van der Waals surface area (Å²) in [6.07, 6.45) is 3.16. The summed E-state index contributed by atoms with van der Waals surface area (Å²) in [5.74, 6) is -0.777. The summed E-state index contributed by atoms with van der Waals surface area (Å²) in [6.45, 7) is 7.68. The lowest BCUT2D eigenvalue weighted by atomic mass is 10.1. The molecule has 0 heterocycles. The monoisotopic (exact) mass is 555 g/mol. The number of benzene rings is 2. The van der Waals surface area contributed by atoms with Crippen LogP contribution >= 0.6 is 23.2 Å². The maximum Gasteiger partial charge on any atom is 0.244 e. The van der Waals surface area contributed by atoms with E-state index in [1.807, 2.05) is 26.8 Å². The van der Waals surface area contributed by atoms with Crippen LogP contribution in [0.4, 0.5) is 5.69 Å². The van der Waals surface area contributed by atoms with Crippen molar-refractivity contribution in [3.63, 3.8) is 0 Å². The van der Waals surface area contributed by atoms with Crippen LogP contribution in [0.3, 0.4) is 0 Å². The summed E-state index contributed by atoms with van der Waals surface area (Å²) in [6, 6.07) is 9.57. The van der Waals surface area contributed by atoms with Crippen LogP contribution in [0, 0.1) is 13.8 Å². The quantitative estimate of drug-likeness (QED) is 0.369. The minimum Gasteiger partial charge on any atom is -0.354 e. The predicted molar refractivity (Wildman–Crippen MR) is 147 cm³/mol. The molecule has 1 atom stereocenters. The van der Waals surface area contributed by atoms with Crippen LogP contribution in [-0.4, -0.2) is 50.5 Å². The van der Waals surface area contributed by atoms with Crippen molar-refractivity contribution in [1.29, 1.82) is 0 Å². The van der Waals surface area contributed by atoms with E-state index in [-0.39, 0.29) is 12.5 Å². The van der Waals surface area contributed by atoms with E-state index < -0.39 is 28.5 Å². The number of nitrogens with zero attached hydrogens (tertiary/aromatic N) is 2. The molecule has 0 saturated heterocycles. The number of carbonyl (C=O) groups is 2. The molecule has 1 unspecified atom stereocenters. The van der Waals surface area contributed by atoms with Crippen molar-refractivity contribution in [2.45, 2.75) is 59.5 Å². The minimum atomic E-state index is -3.79. The normalized spacial score (nSPS) is 12.2. The van der Waals surface area contributed by atoms with Gasteiger partial charge in [0.1, 0.15) is 12.6 Å². The fourth-order valence-electron chi connectivity index (χ4n) is 3.94. The number of nitrogens with one attached hydrogen (secondary N) is 1. The number of hydrogen-bond acceptors (Lipinski definition) is 4. The molecule has 0 bridgehead atoms. The molecule has 10 heteroatoms. The number of amides is 2. The van der Waals surface area contributed by atoms with E-state index in [1.165, 1.54) is 4.90 Å². The highest BCUT2D eigenvalue weighted by molar-refractivity contribution is 7.92. The molecule has 0 aliphatic rings. The second-order valence-corrected chi connectivity index (χ2v) is 11.6. The van der Waals surface area contributed by atoms with Crippen LogP contribution in [0.2, 0.25) is 10.0 Å². The van der Waals surface area contributed by atoms with Crippen molar-refractivity contribution in [1.82, 2.24) is 10.2 Å². The van der Waals surface area contributed by atoms with Crippen molar-refractivity contribution in [2.75, 3.05) is 23.7 Å². The molecule has 2 aromatic carbocycles. The van der Waals surface area contributed by atoms with Gasteiger partial charge in [0.25, 0.3) is 0 Å². The van der Waals surface area contributed by atoms with E-state index in [1.54, 1.807) is 37.3 Å². The van der Waals surface area contributed by atoms with E-state index >= 15 is 0 Å². The molecular weight excluding hydrogens is 521 g/mol. The molecule has 1 N–H and O–H groups in total. The number of anilines is 1. The highest BCUT2D eigenvalue weighted by Crippen LogP contribution is 2.26. The standard InChI is InChI=1S/C26H35Cl2N3O4S/c1-6-8-13-29-26(33)23(7-2)30(16-20-10-11-21(27)22(28)15-20)25(32)17-31(36(5,34)35)24-12-9-18(3)14-19(24)4/h9-12,14-15,23H,6-8,13,16-17H2,1-5H3,(H,29,33). The second-order valence-electron chi connectivity index (χ2n) is 8.90. The van der Waals surface area contributed by atoms with E-state index in [2.05, 4.69) is 5.32 Å². The molecule has 36 heavy (non-hydrogen) atoms. The molecule has 2 aromatic rings. The molecule has 0 spiro atoms. The highest BCUT2D eigenvalue weighted by atomic mass is 35.5. The van der Waals surface area contributed by atoms with Gasteiger partial charge in [-0.2, -0.15) is 0 Å². The first-order valence-corrected chi connectivity index (χ1v) is 14.6. The Kier molecular flexibility index (Phi) is 11.1. The van der Waals surface area contributed by atoms with Gasteiger partial charge in [0, 0.05) is 13.1 Å². The Morgan fingerprint density at radius 2 is 1.72 bits per heavy atom. The lowest BCUT2D eigenvalue weighted by molar-refractivity contribution is -0.140. The average molecular weight is 557 g/mol. The molecule has 2 rings (SSSR count). The Morgan fingerprint density at radius 3 is 2.28 bits per heavy atom. The maximum atomic E-state index is 13.7. The number of sulfonamides is 1. The Bertz CT molecular complexity index is 1190. The van der Waals surface area contributed by atoms with Crippen LogP contribution < -0.4 is 9.62 Å². The summed E-state index contributed by atoms with van der Waals surface area (Å²) in [4.78, 5) is 28.2. The molecule has 2 amide bonds. The van der Waals surface area contributed by atoms with Crippen LogP contribution in [0.1, 0.15) is 49.8 Å². The summed E-state index contributed by atoms with van der Waals surface area (Å²) >= 11 is 12.2. The summed E-state index contributed by atoms with van der Waals surface area (Å²) in [5, 5.41) is 3.60. The largest absolute Gasteiger partial charge is 0.354 e. The van der Waals surface area contributed by atoms with Gasteiger partial charge in [0.05, 0.1) is 22.0 Å². The SMILES string of the molecule is CCCCNC(=O)C(CC)N(Cc1ccc(Cl)c(Cl)c1)C(=O)CN(c1ccc(C)cc1C)S(C)(=O)=O. The van der Waals surface area contributed by atoms with Gasteiger partial charge < -0.3 is 10.2 Å². The van der Waals surface area contributed by atoms with Crippen molar-refractivity contribution in [3.05, 3.63) is 63.1 Å². The highest BCUT2D eigenvalue weighted by Gasteiger charge is 2.32. The predicted octanol–water partition coefficient (Wildman–Crippen LogP) is 5.10. The lowest BCUT2D eigenvalue weighted by Crippen LogP contribution is -2.52. The fourth-order valence-corrected chi connectivity index (χ4v) is 5.17. The van der Waals surface area contributed by atoms with Crippen molar-refractivity contribution >= 4 is 50.7 Å². The zero-order valence-electron chi connectivity index (χ0n) is 21.5. The van der Waals surface area contributed by atoms with Crippen LogP contribution in [0.25, 0.3) is 0 Å². The zero-order valence-corrected chi connectivity index (χ0v) is 23.8. The van der Waals surface area contributed by atoms with Gasteiger partial charge in [-0.05, 0) is 56.0 Å². The first-order valence-electron chi connectivity index (χ1n) is 11.9. The number of halogens is 2. The van der Waals surface area contributed by atoms with Gasteiger partial charge in [0.15, 0.2) is 0 Å². The van der Waals surface area contributed by atoms with Gasteiger partial charge >= 0.3 is 0 Å². The van der Waals surface area contributed by atoms with E-state index in [4.69, 9.17) is 23.2 Å². The van der Waals surface area contributed by atoms with Gasteiger partial charge in [-0.3, -0.25) is 13.9 Å². The van der Waals surface area contributed by atoms with Gasteiger partial charge in [-0.15, -0.1) is 0 Å². The van der Waals surface area contributed by atoms with Gasteiger partial charge in [0.2, 0.25) is 21.8 Å². The molecule has 0 aliphatic heterocycles. The van der Waals surface area contributed by atoms with Gasteiger partial charge in [-0.25, -0.2) is 8.42 Å². The topological polar surface area (TPSA) is 86.8 Å². The molecule has 198 valence electrons. The minimum absolute atomic E-state index is 0.0694. The van der Waals surface area contributed by atoms with Crippen molar-refractivity contribution < 1.29 is 18.0 Å². The number of aryl methyl sites for hydroxylation is 2. The molecule has 0 saturated carbocycles. The molecule has 0 aromatic heterocycles. The third-order valence-corrected chi connectivity index (χ3v) is 7.72. The van der Waals surface area contributed by atoms with Crippen LogP contribution in [-0.2, 0) is 26.2 Å². The van der Waals surface area contributed by atoms with Crippen molar-refractivity contribution in [3.8, 4) is 0 Å². The third kappa shape index (κ3) is 8.11. The molecule has 0 aliphatic carbocycles. The Balaban J connectivity index is 2.46. The summed E-state index contributed by atoms with van der Waals surface area (Å²) in [7, 11) is -3.79. The van der Waals surface area contributed by atoms with E-state index in [0.717, 1.165) is 34.5 Å². The number of rotatable bonds is 12. The average Bonchev–Trinajstić information content (AvgIpc) is 2.79. The first kappa shape index (κ1) is 29.9. The maximum absolute atomic E-state index is 13.7. The summed E-state index contributed by atoms with van der Waals surface area (Å²) in [5.41, 5.74) is 2.81. The van der Waals surface area contributed by atoms with Crippen LogP contribution in [0.5, 0.6) is 0 Å². The molecule has 0 fully saturated rings.